The maximum Gasteiger partial charge on any atom is 0.325 e. The molecule has 7 nitrogen and oxygen atoms in total. The van der Waals surface area contributed by atoms with Crippen molar-refractivity contribution in [2.75, 3.05) is 11.9 Å². The Morgan fingerprint density at radius 1 is 0.966 bits per heavy atom. The van der Waals surface area contributed by atoms with Gasteiger partial charge in [0, 0.05) is 22.7 Å². The lowest BCUT2D eigenvalue weighted by Gasteiger charge is -2.10. The number of imide groups is 1. The normalized spacial score (nSPS) is 10.2. The zero-order chi connectivity index (χ0) is 21.4. The van der Waals surface area contributed by atoms with Gasteiger partial charge in [0.2, 0.25) is 0 Å². The van der Waals surface area contributed by atoms with Crippen molar-refractivity contribution in [1.29, 1.82) is 0 Å². The van der Waals surface area contributed by atoms with Crippen LogP contribution in [0.1, 0.15) is 34.3 Å². The van der Waals surface area contributed by atoms with E-state index in [0.717, 1.165) is 11.1 Å². The van der Waals surface area contributed by atoms with E-state index in [4.69, 9.17) is 16.3 Å². The average Bonchev–Trinajstić information content (AvgIpc) is 2.67. The SMILES string of the molecule is Cc1ccc(NC(=O)NC(=O)COC(=O)CCC(=O)c2ccc(Cl)cc2)c(C)c1. The maximum atomic E-state index is 12.0. The quantitative estimate of drug-likeness (QED) is 0.527. The highest BCUT2D eigenvalue weighted by Crippen LogP contribution is 2.15. The van der Waals surface area contributed by atoms with Crippen LogP contribution in [-0.2, 0) is 14.3 Å². The molecule has 0 aromatic heterocycles. The summed E-state index contributed by atoms with van der Waals surface area (Å²) in [6.07, 6.45) is -0.237. The largest absolute Gasteiger partial charge is 0.456 e. The van der Waals surface area contributed by atoms with Crippen LogP contribution in [0.3, 0.4) is 0 Å². The number of urea groups is 1. The van der Waals surface area contributed by atoms with Gasteiger partial charge in [-0.25, -0.2) is 4.79 Å². The molecule has 2 N–H and O–H groups in total. The fraction of sp³-hybridized carbons (Fsp3) is 0.238. The van der Waals surface area contributed by atoms with Gasteiger partial charge in [0.25, 0.3) is 5.91 Å². The molecule has 0 aliphatic rings. The second kappa shape index (κ2) is 10.4. The molecule has 0 saturated heterocycles. The van der Waals surface area contributed by atoms with Crippen LogP contribution in [0.25, 0.3) is 0 Å². The number of anilines is 1. The zero-order valence-electron chi connectivity index (χ0n) is 16.1. The summed E-state index contributed by atoms with van der Waals surface area (Å²) in [5.41, 5.74) is 2.90. The first kappa shape index (κ1) is 22.1. The summed E-state index contributed by atoms with van der Waals surface area (Å²) in [6.45, 7) is 3.14. The Bertz CT molecular complexity index is 925. The van der Waals surface area contributed by atoms with Crippen molar-refractivity contribution in [2.24, 2.45) is 0 Å². The number of hydrogen-bond donors (Lipinski definition) is 2. The first-order valence-corrected chi connectivity index (χ1v) is 9.25. The van der Waals surface area contributed by atoms with Crippen molar-refractivity contribution < 1.29 is 23.9 Å². The Balaban J connectivity index is 1.71. The van der Waals surface area contributed by atoms with Crippen LogP contribution in [0.2, 0.25) is 5.02 Å². The van der Waals surface area contributed by atoms with Gasteiger partial charge < -0.3 is 10.1 Å². The Kier molecular flexibility index (Phi) is 7.91. The van der Waals surface area contributed by atoms with Crippen LogP contribution in [0.5, 0.6) is 0 Å². The number of ketones is 1. The van der Waals surface area contributed by atoms with Crippen molar-refractivity contribution in [3.8, 4) is 0 Å². The number of aryl methyl sites for hydroxylation is 2. The van der Waals surface area contributed by atoms with E-state index < -0.39 is 24.5 Å². The molecule has 3 amide bonds. The second-order valence-electron chi connectivity index (χ2n) is 6.41. The number of ether oxygens (including phenoxy) is 1. The summed E-state index contributed by atoms with van der Waals surface area (Å²) in [5.74, 6) is -1.72. The monoisotopic (exact) mass is 416 g/mol. The second-order valence-corrected chi connectivity index (χ2v) is 6.85. The van der Waals surface area contributed by atoms with Gasteiger partial charge in [0.05, 0.1) is 6.42 Å². The highest BCUT2D eigenvalue weighted by molar-refractivity contribution is 6.30. The van der Waals surface area contributed by atoms with Crippen LogP contribution in [0.4, 0.5) is 10.5 Å². The van der Waals surface area contributed by atoms with E-state index in [1.807, 2.05) is 26.0 Å². The molecule has 0 unspecified atom stereocenters. The lowest BCUT2D eigenvalue weighted by molar-refractivity contribution is -0.148. The Hall–Kier alpha value is -3.19. The van der Waals surface area contributed by atoms with Crippen LogP contribution in [0.15, 0.2) is 42.5 Å². The minimum Gasteiger partial charge on any atom is -0.456 e. The summed E-state index contributed by atoms with van der Waals surface area (Å²) in [4.78, 5) is 47.3. The number of carbonyl (C=O) groups is 4. The first-order chi connectivity index (χ1) is 13.7. The standard InChI is InChI=1S/C21H21ClN2O5/c1-13-3-8-17(14(2)11-13)23-21(28)24-19(26)12-29-20(27)10-9-18(25)15-4-6-16(22)7-5-15/h3-8,11H,9-10,12H2,1-2H3,(H2,23,24,26,28). The molecule has 0 radical (unpaired) electrons. The van der Waals surface area contributed by atoms with Crippen LogP contribution in [0, 0.1) is 13.8 Å². The summed E-state index contributed by atoms with van der Waals surface area (Å²) in [7, 11) is 0. The van der Waals surface area contributed by atoms with E-state index in [1.165, 1.54) is 0 Å². The summed E-state index contributed by atoms with van der Waals surface area (Å²) in [5, 5.41) is 5.14. The van der Waals surface area contributed by atoms with Gasteiger partial charge in [-0.3, -0.25) is 19.7 Å². The number of nitrogens with one attached hydrogen (secondary N) is 2. The summed E-state index contributed by atoms with van der Waals surface area (Å²) in [6, 6.07) is 11.0. The van der Waals surface area contributed by atoms with Crippen LogP contribution < -0.4 is 10.6 Å². The average molecular weight is 417 g/mol. The van der Waals surface area contributed by atoms with Gasteiger partial charge >= 0.3 is 12.0 Å². The number of benzene rings is 2. The summed E-state index contributed by atoms with van der Waals surface area (Å²) >= 11 is 5.76. The number of halogens is 1. The molecule has 0 heterocycles. The van der Waals surface area contributed by atoms with E-state index >= 15 is 0 Å². The third kappa shape index (κ3) is 7.38. The molecule has 8 heteroatoms. The summed E-state index contributed by atoms with van der Waals surface area (Å²) < 4.78 is 4.80. The number of esters is 1. The molecule has 0 saturated carbocycles. The van der Waals surface area contributed by atoms with Crippen LogP contribution >= 0.6 is 11.6 Å². The molecule has 0 aliphatic carbocycles. The van der Waals surface area contributed by atoms with Crippen molar-refractivity contribution in [2.45, 2.75) is 26.7 Å². The zero-order valence-corrected chi connectivity index (χ0v) is 16.8. The molecule has 0 atom stereocenters. The first-order valence-electron chi connectivity index (χ1n) is 8.87. The number of rotatable bonds is 7. The molecule has 0 aliphatic heterocycles. The molecule has 0 fully saturated rings. The minimum absolute atomic E-state index is 0.0602. The molecule has 0 spiro atoms. The molecular weight excluding hydrogens is 396 g/mol. The third-order valence-electron chi connectivity index (χ3n) is 3.97. The number of amides is 3. The van der Waals surface area contributed by atoms with E-state index in [9.17, 15) is 19.2 Å². The maximum absolute atomic E-state index is 12.0. The fourth-order valence-corrected chi connectivity index (χ4v) is 2.61. The van der Waals surface area contributed by atoms with Gasteiger partial charge in [-0.05, 0) is 49.7 Å². The predicted molar refractivity (Wildman–Crippen MR) is 109 cm³/mol. The number of carbonyl (C=O) groups excluding carboxylic acids is 4. The fourth-order valence-electron chi connectivity index (χ4n) is 2.48. The van der Waals surface area contributed by atoms with E-state index in [1.54, 1.807) is 30.3 Å². The molecule has 152 valence electrons. The van der Waals surface area contributed by atoms with Crippen molar-refractivity contribution in [1.82, 2.24) is 5.32 Å². The molecule has 29 heavy (non-hydrogen) atoms. The Labute approximate surface area is 173 Å². The van der Waals surface area contributed by atoms with E-state index in [0.29, 0.717) is 16.3 Å². The van der Waals surface area contributed by atoms with Gasteiger partial charge in [0.1, 0.15) is 0 Å². The third-order valence-corrected chi connectivity index (χ3v) is 4.22. The molecule has 0 bridgehead atoms. The number of Topliss-reactive ketones (excluding diaryl/α,β-unsaturated/α-hetero) is 1. The lowest BCUT2D eigenvalue weighted by Crippen LogP contribution is -2.37. The predicted octanol–water partition coefficient (Wildman–Crippen LogP) is 3.81. The topological polar surface area (TPSA) is 102 Å². The molecular formula is C21H21ClN2O5. The van der Waals surface area contributed by atoms with Gasteiger partial charge in [-0.15, -0.1) is 0 Å². The highest BCUT2D eigenvalue weighted by atomic mass is 35.5. The highest BCUT2D eigenvalue weighted by Gasteiger charge is 2.14. The van der Waals surface area contributed by atoms with E-state index in [-0.39, 0.29) is 18.6 Å². The van der Waals surface area contributed by atoms with Crippen molar-refractivity contribution >= 4 is 41.0 Å². The lowest BCUT2D eigenvalue weighted by atomic mass is 10.1. The van der Waals surface area contributed by atoms with Gasteiger partial charge in [-0.1, -0.05) is 29.3 Å². The Morgan fingerprint density at radius 3 is 2.31 bits per heavy atom. The molecule has 2 aromatic rings. The molecule has 2 aromatic carbocycles. The Morgan fingerprint density at radius 2 is 1.66 bits per heavy atom. The minimum atomic E-state index is -0.773. The van der Waals surface area contributed by atoms with Gasteiger partial charge in [0.15, 0.2) is 12.4 Å². The smallest absolute Gasteiger partial charge is 0.325 e. The van der Waals surface area contributed by atoms with Crippen molar-refractivity contribution in [3.05, 3.63) is 64.2 Å². The van der Waals surface area contributed by atoms with Crippen molar-refractivity contribution in [3.63, 3.8) is 0 Å². The van der Waals surface area contributed by atoms with E-state index in [2.05, 4.69) is 10.6 Å². The number of hydrogen-bond acceptors (Lipinski definition) is 5. The van der Waals surface area contributed by atoms with Crippen LogP contribution in [-0.4, -0.2) is 30.3 Å². The van der Waals surface area contributed by atoms with Gasteiger partial charge in [-0.2, -0.15) is 0 Å². The molecule has 2 rings (SSSR count).